The summed E-state index contributed by atoms with van der Waals surface area (Å²) in [6, 6.07) is -1.47. The van der Waals surface area contributed by atoms with Gasteiger partial charge < -0.3 is 20.9 Å². The van der Waals surface area contributed by atoms with Crippen molar-refractivity contribution in [3.8, 4) is 0 Å². The molecule has 0 aliphatic rings. The van der Waals surface area contributed by atoms with Gasteiger partial charge in [-0.1, -0.05) is 20.8 Å². The largest absolute Gasteiger partial charge is 0.481 e. The van der Waals surface area contributed by atoms with Gasteiger partial charge in [0.1, 0.15) is 6.61 Å². The minimum Gasteiger partial charge on any atom is -0.481 e. The third-order valence-corrected chi connectivity index (χ3v) is 2.47. The molecule has 7 nitrogen and oxygen atoms in total. The smallest absolute Gasteiger partial charge is 0.308 e. The third-order valence-electron chi connectivity index (χ3n) is 2.47. The summed E-state index contributed by atoms with van der Waals surface area (Å²) in [5, 5.41) is 11.1. The highest BCUT2D eigenvalue weighted by molar-refractivity contribution is 5.86. The van der Waals surface area contributed by atoms with E-state index in [1.54, 1.807) is 13.8 Å². The van der Waals surface area contributed by atoms with E-state index in [4.69, 9.17) is 15.6 Å². The van der Waals surface area contributed by atoms with E-state index in [-0.39, 0.29) is 24.5 Å². The molecule has 0 aromatic carbocycles. The first kappa shape index (κ1) is 17.4. The van der Waals surface area contributed by atoms with Crippen LogP contribution in [0.4, 0.5) is 0 Å². The summed E-state index contributed by atoms with van der Waals surface area (Å²) in [6.07, 6.45) is 0.116. The zero-order valence-corrected chi connectivity index (χ0v) is 11.5. The molecule has 0 saturated carbocycles. The molecule has 0 aliphatic carbocycles. The summed E-state index contributed by atoms with van der Waals surface area (Å²) >= 11 is 0. The number of esters is 1. The number of amides is 1. The van der Waals surface area contributed by atoms with Gasteiger partial charge in [-0.05, 0) is 6.42 Å². The summed E-state index contributed by atoms with van der Waals surface area (Å²) < 4.78 is 5.01. The van der Waals surface area contributed by atoms with Crippen molar-refractivity contribution in [1.82, 2.24) is 5.32 Å². The second-order valence-electron chi connectivity index (χ2n) is 4.60. The molecule has 2 unspecified atom stereocenters. The number of nitrogens with one attached hydrogen (secondary N) is 1. The maximum atomic E-state index is 11.6. The number of aliphatic carboxylic acids is 1. The van der Waals surface area contributed by atoms with Crippen LogP contribution in [-0.2, 0) is 19.1 Å². The number of nitrogens with two attached hydrogens (primary N) is 1. The van der Waals surface area contributed by atoms with E-state index >= 15 is 0 Å². The van der Waals surface area contributed by atoms with Crippen LogP contribution in [0.3, 0.4) is 0 Å². The molecule has 0 aliphatic heterocycles. The van der Waals surface area contributed by atoms with E-state index in [2.05, 4.69) is 5.32 Å². The summed E-state index contributed by atoms with van der Waals surface area (Å²) in [6.45, 7) is 5.30. The first-order valence-corrected chi connectivity index (χ1v) is 6.22. The van der Waals surface area contributed by atoms with Crippen molar-refractivity contribution in [3.05, 3.63) is 0 Å². The quantitative estimate of drug-likeness (QED) is 0.531. The van der Waals surface area contributed by atoms with Crippen LogP contribution in [0.25, 0.3) is 0 Å². The van der Waals surface area contributed by atoms with Gasteiger partial charge in [0.2, 0.25) is 5.91 Å². The average molecular weight is 274 g/mol. The lowest BCUT2D eigenvalue weighted by Crippen LogP contribution is -2.47. The molecule has 19 heavy (non-hydrogen) atoms. The Morgan fingerprint density at radius 2 is 1.89 bits per heavy atom. The van der Waals surface area contributed by atoms with E-state index in [0.29, 0.717) is 6.42 Å². The van der Waals surface area contributed by atoms with Crippen LogP contribution >= 0.6 is 0 Å². The predicted octanol–water partition coefficient (Wildman–Crippen LogP) is -0.118. The number of hydrogen-bond donors (Lipinski definition) is 3. The van der Waals surface area contributed by atoms with Crippen LogP contribution in [0, 0.1) is 5.92 Å². The molecule has 0 aromatic heterocycles. The molecule has 0 bridgehead atoms. The van der Waals surface area contributed by atoms with Crippen LogP contribution in [0.2, 0.25) is 0 Å². The van der Waals surface area contributed by atoms with Crippen molar-refractivity contribution in [1.29, 1.82) is 0 Å². The second kappa shape index (κ2) is 8.47. The van der Waals surface area contributed by atoms with Crippen molar-refractivity contribution in [2.75, 3.05) is 6.61 Å². The first-order valence-electron chi connectivity index (χ1n) is 6.22. The molecular formula is C12H22N2O5. The molecule has 0 saturated heterocycles. The molecular weight excluding hydrogens is 252 g/mol. The standard InChI is InChI=1S/C12H22N2O5/c1-4-8(6-19-12(18)7(2)3)14-11(17)9(13)5-10(15)16/h7-9H,4-6,13H2,1-3H3,(H,14,17)(H,15,16). The van der Waals surface area contributed by atoms with E-state index in [1.807, 2.05) is 6.92 Å². The van der Waals surface area contributed by atoms with Crippen LogP contribution in [0.1, 0.15) is 33.6 Å². The van der Waals surface area contributed by atoms with E-state index in [9.17, 15) is 14.4 Å². The Morgan fingerprint density at radius 1 is 1.32 bits per heavy atom. The van der Waals surface area contributed by atoms with E-state index in [0.717, 1.165) is 0 Å². The fourth-order valence-corrected chi connectivity index (χ4v) is 1.20. The van der Waals surface area contributed by atoms with Crippen LogP contribution < -0.4 is 11.1 Å². The fraction of sp³-hybridized carbons (Fsp3) is 0.750. The van der Waals surface area contributed by atoms with Crippen molar-refractivity contribution in [2.45, 2.75) is 45.7 Å². The number of hydrogen-bond acceptors (Lipinski definition) is 5. The molecule has 0 rings (SSSR count). The molecule has 4 N–H and O–H groups in total. The summed E-state index contributed by atoms with van der Waals surface area (Å²) in [5.74, 6) is -2.28. The van der Waals surface area contributed by atoms with Gasteiger partial charge in [-0.3, -0.25) is 14.4 Å². The Kier molecular flexibility index (Phi) is 7.74. The molecule has 0 fully saturated rings. The highest BCUT2D eigenvalue weighted by atomic mass is 16.5. The van der Waals surface area contributed by atoms with Gasteiger partial charge in [-0.15, -0.1) is 0 Å². The van der Waals surface area contributed by atoms with E-state index in [1.165, 1.54) is 0 Å². The van der Waals surface area contributed by atoms with Crippen molar-refractivity contribution >= 4 is 17.8 Å². The Balaban J connectivity index is 4.21. The summed E-state index contributed by atoms with van der Waals surface area (Å²) in [5.41, 5.74) is 5.42. The monoisotopic (exact) mass is 274 g/mol. The number of ether oxygens (including phenoxy) is 1. The molecule has 0 spiro atoms. The molecule has 0 heterocycles. The molecule has 2 atom stereocenters. The zero-order valence-electron chi connectivity index (χ0n) is 11.5. The minimum atomic E-state index is -1.14. The lowest BCUT2D eigenvalue weighted by Gasteiger charge is -2.19. The Hall–Kier alpha value is -1.63. The first-order chi connectivity index (χ1) is 8.77. The number of carboxylic acids is 1. The normalized spacial score (nSPS) is 13.7. The van der Waals surface area contributed by atoms with Crippen LogP contribution in [-0.4, -0.2) is 41.6 Å². The van der Waals surface area contributed by atoms with Gasteiger partial charge in [-0.2, -0.15) is 0 Å². The Morgan fingerprint density at radius 3 is 2.32 bits per heavy atom. The predicted molar refractivity (Wildman–Crippen MR) is 68.2 cm³/mol. The molecule has 0 radical (unpaired) electrons. The maximum Gasteiger partial charge on any atom is 0.308 e. The third kappa shape index (κ3) is 7.40. The lowest BCUT2D eigenvalue weighted by molar-refractivity contribution is -0.148. The lowest BCUT2D eigenvalue weighted by atomic mass is 10.1. The summed E-state index contributed by atoms with van der Waals surface area (Å²) in [7, 11) is 0. The molecule has 7 heteroatoms. The number of carbonyl (C=O) groups is 3. The fourth-order valence-electron chi connectivity index (χ4n) is 1.20. The SMILES string of the molecule is CCC(COC(=O)C(C)C)NC(=O)C(N)CC(=O)O. The van der Waals surface area contributed by atoms with Crippen LogP contribution in [0.15, 0.2) is 0 Å². The number of rotatable bonds is 8. The number of carbonyl (C=O) groups excluding carboxylic acids is 2. The highest BCUT2D eigenvalue weighted by Gasteiger charge is 2.20. The topological polar surface area (TPSA) is 119 Å². The maximum absolute atomic E-state index is 11.6. The van der Waals surface area contributed by atoms with Gasteiger partial charge in [-0.25, -0.2) is 0 Å². The molecule has 110 valence electrons. The van der Waals surface area contributed by atoms with Crippen molar-refractivity contribution in [3.63, 3.8) is 0 Å². The Bertz CT molecular complexity index is 330. The summed E-state index contributed by atoms with van der Waals surface area (Å²) in [4.78, 5) is 33.3. The van der Waals surface area contributed by atoms with Crippen molar-refractivity contribution in [2.24, 2.45) is 11.7 Å². The zero-order chi connectivity index (χ0) is 15.0. The van der Waals surface area contributed by atoms with E-state index < -0.39 is 24.3 Å². The molecule has 0 aromatic rings. The minimum absolute atomic E-state index is 0.0546. The molecule has 1 amide bonds. The van der Waals surface area contributed by atoms with Gasteiger partial charge in [0, 0.05) is 0 Å². The van der Waals surface area contributed by atoms with Crippen molar-refractivity contribution < 1.29 is 24.2 Å². The Labute approximate surface area is 112 Å². The van der Waals surface area contributed by atoms with Gasteiger partial charge >= 0.3 is 11.9 Å². The number of carboxylic acid groups (broad SMARTS) is 1. The highest BCUT2D eigenvalue weighted by Crippen LogP contribution is 2.00. The van der Waals surface area contributed by atoms with Gasteiger partial charge in [0.25, 0.3) is 0 Å². The van der Waals surface area contributed by atoms with Gasteiger partial charge in [0.15, 0.2) is 0 Å². The van der Waals surface area contributed by atoms with Gasteiger partial charge in [0.05, 0.1) is 24.4 Å². The second-order valence-corrected chi connectivity index (χ2v) is 4.60. The average Bonchev–Trinajstić information content (AvgIpc) is 2.32. The van der Waals surface area contributed by atoms with Crippen LogP contribution in [0.5, 0.6) is 0 Å².